The quantitative estimate of drug-likeness (QED) is 0.769. The molecule has 1 aliphatic heterocycles. The first-order valence-electron chi connectivity index (χ1n) is 9.23. The highest BCUT2D eigenvalue weighted by molar-refractivity contribution is 6.07. The fourth-order valence-electron chi connectivity index (χ4n) is 3.62. The molecule has 2 atom stereocenters. The van der Waals surface area contributed by atoms with E-state index in [4.69, 9.17) is 4.74 Å². The summed E-state index contributed by atoms with van der Waals surface area (Å²) in [5.74, 6) is 0.708. The van der Waals surface area contributed by atoms with Crippen molar-refractivity contribution in [2.75, 3.05) is 25.5 Å². The van der Waals surface area contributed by atoms with Crippen molar-refractivity contribution in [2.45, 2.75) is 19.1 Å². The maximum Gasteiger partial charge on any atom is 0.254 e. The normalized spacial score (nSPS) is 19.9. The van der Waals surface area contributed by atoms with Gasteiger partial charge in [0.1, 0.15) is 11.9 Å². The van der Waals surface area contributed by atoms with Crippen LogP contribution >= 0.6 is 0 Å². The number of nitrogens with zero attached hydrogens (tertiary/aromatic N) is 2. The molecule has 27 heavy (non-hydrogen) atoms. The molecule has 0 saturated carbocycles. The molecule has 5 heteroatoms. The van der Waals surface area contributed by atoms with E-state index in [0.29, 0.717) is 24.5 Å². The average molecular weight is 361 g/mol. The van der Waals surface area contributed by atoms with Crippen molar-refractivity contribution < 1.29 is 9.53 Å². The number of hydrogen-bond donors (Lipinski definition) is 1. The molecule has 5 nitrogen and oxygen atoms in total. The molecule has 0 bridgehead atoms. The van der Waals surface area contributed by atoms with Gasteiger partial charge in [0.25, 0.3) is 5.91 Å². The smallest absolute Gasteiger partial charge is 0.254 e. The van der Waals surface area contributed by atoms with E-state index in [1.807, 2.05) is 79.5 Å². The largest absolute Gasteiger partial charge is 0.373 e. The van der Waals surface area contributed by atoms with Crippen molar-refractivity contribution in [3.8, 4) is 0 Å². The predicted molar refractivity (Wildman–Crippen MR) is 107 cm³/mol. The van der Waals surface area contributed by atoms with E-state index in [2.05, 4.69) is 10.3 Å². The summed E-state index contributed by atoms with van der Waals surface area (Å²) < 4.78 is 6.10. The van der Waals surface area contributed by atoms with Gasteiger partial charge in [-0.15, -0.1) is 0 Å². The van der Waals surface area contributed by atoms with Gasteiger partial charge in [-0.05, 0) is 24.6 Å². The van der Waals surface area contributed by atoms with Crippen LogP contribution in [0.1, 0.15) is 28.9 Å². The highest BCUT2D eigenvalue weighted by Crippen LogP contribution is 2.28. The minimum Gasteiger partial charge on any atom is -0.373 e. The van der Waals surface area contributed by atoms with Crippen LogP contribution < -0.4 is 5.32 Å². The molecule has 1 saturated heterocycles. The standard InChI is InChI=1S/C22H23N3O2/c1-15-13-25(14-20(27-15)16-8-4-3-5-9-16)22(26)18-12-21(23-2)24-19-11-7-6-10-17(18)19/h3-12,15,20H,13-14H2,1-2H3,(H,23,24)/t15-,20+/m1/s1. The number of carbonyl (C=O) groups is 1. The zero-order valence-electron chi connectivity index (χ0n) is 15.6. The molecule has 1 fully saturated rings. The molecule has 3 aromatic rings. The summed E-state index contributed by atoms with van der Waals surface area (Å²) in [6, 6.07) is 19.7. The highest BCUT2D eigenvalue weighted by atomic mass is 16.5. The minimum atomic E-state index is -0.115. The summed E-state index contributed by atoms with van der Waals surface area (Å²) in [4.78, 5) is 19.9. The van der Waals surface area contributed by atoms with Crippen LogP contribution in [0, 0.1) is 0 Å². The molecule has 2 heterocycles. The Hall–Kier alpha value is -2.92. The van der Waals surface area contributed by atoms with E-state index >= 15 is 0 Å². The molecule has 1 aliphatic rings. The Morgan fingerprint density at radius 1 is 1.11 bits per heavy atom. The van der Waals surface area contributed by atoms with Crippen LogP contribution in [0.15, 0.2) is 60.7 Å². The molecule has 138 valence electrons. The number of hydrogen-bond acceptors (Lipinski definition) is 4. The van der Waals surface area contributed by atoms with Crippen molar-refractivity contribution >= 4 is 22.6 Å². The maximum atomic E-state index is 13.4. The molecular weight excluding hydrogens is 338 g/mol. The zero-order chi connectivity index (χ0) is 18.8. The summed E-state index contributed by atoms with van der Waals surface area (Å²) in [5, 5.41) is 3.93. The first-order chi connectivity index (χ1) is 13.2. The number of benzene rings is 2. The molecule has 1 amide bonds. The summed E-state index contributed by atoms with van der Waals surface area (Å²) in [6.45, 7) is 3.13. The zero-order valence-corrected chi connectivity index (χ0v) is 15.6. The van der Waals surface area contributed by atoms with Gasteiger partial charge in [-0.2, -0.15) is 0 Å². The van der Waals surface area contributed by atoms with E-state index in [1.54, 1.807) is 0 Å². The van der Waals surface area contributed by atoms with Gasteiger partial charge in [0.15, 0.2) is 0 Å². The number of fused-ring (bicyclic) bond motifs is 1. The van der Waals surface area contributed by atoms with Crippen molar-refractivity contribution in [2.24, 2.45) is 0 Å². The number of ether oxygens (including phenoxy) is 1. The van der Waals surface area contributed by atoms with Gasteiger partial charge in [0.2, 0.25) is 0 Å². The number of amides is 1. The topological polar surface area (TPSA) is 54.5 Å². The average Bonchev–Trinajstić information content (AvgIpc) is 2.72. The molecule has 4 rings (SSSR count). The number of pyridine rings is 1. The van der Waals surface area contributed by atoms with E-state index in [1.165, 1.54) is 0 Å². The lowest BCUT2D eigenvalue weighted by Crippen LogP contribution is -2.46. The van der Waals surface area contributed by atoms with E-state index in [-0.39, 0.29) is 18.1 Å². The van der Waals surface area contributed by atoms with Crippen molar-refractivity contribution in [1.82, 2.24) is 9.88 Å². The summed E-state index contributed by atoms with van der Waals surface area (Å²) in [5.41, 5.74) is 2.58. The number of morpholine rings is 1. The fourth-order valence-corrected chi connectivity index (χ4v) is 3.62. The fraction of sp³-hybridized carbons (Fsp3) is 0.273. The lowest BCUT2D eigenvalue weighted by molar-refractivity contribution is -0.0691. The number of anilines is 1. The third-order valence-corrected chi connectivity index (χ3v) is 4.92. The van der Waals surface area contributed by atoms with Gasteiger partial charge in [0, 0.05) is 19.0 Å². The second-order valence-electron chi connectivity index (χ2n) is 6.88. The van der Waals surface area contributed by atoms with Gasteiger partial charge in [-0.25, -0.2) is 4.98 Å². The van der Waals surface area contributed by atoms with E-state index in [0.717, 1.165) is 16.5 Å². The number of para-hydroxylation sites is 1. The van der Waals surface area contributed by atoms with Gasteiger partial charge >= 0.3 is 0 Å². The van der Waals surface area contributed by atoms with Gasteiger partial charge in [-0.1, -0.05) is 48.5 Å². The van der Waals surface area contributed by atoms with Crippen molar-refractivity contribution in [3.63, 3.8) is 0 Å². The Labute approximate surface area is 159 Å². The molecule has 1 N–H and O–H groups in total. The van der Waals surface area contributed by atoms with Gasteiger partial charge < -0.3 is 15.0 Å². The van der Waals surface area contributed by atoms with Crippen LogP contribution in [0.3, 0.4) is 0 Å². The molecule has 0 unspecified atom stereocenters. The van der Waals surface area contributed by atoms with Crippen LogP contribution in [-0.4, -0.2) is 42.0 Å². The second-order valence-corrected chi connectivity index (χ2v) is 6.88. The number of carbonyl (C=O) groups excluding carboxylic acids is 1. The van der Waals surface area contributed by atoms with Crippen LogP contribution in [-0.2, 0) is 4.74 Å². The summed E-state index contributed by atoms with van der Waals surface area (Å²) in [7, 11) is 1.81. The Balaban J connectivity index is 1.69. The Morgan fingerprint density at radius 2 is 1.85 bits per heavy atom. The van der Waals surface area contributed by atoms with Crippen molar-refractivity contribution in [3.05, 3.63) is 71.8 Å². The van der Waals surface area contributed by atoms with E-state index < -0.39 is 0 Å². The number of rotatable bonds is 3. The Morgan fingerprint density at radius 3 is 2.63 bits per heavy atom. The van der Waals surface area contributed by atoms with Crippen LogP contribution in [0.5, 0.6) is 0 Å². The lowest BCUT2D eigenvalue weighted by Gasteiger charge is -2.37. The first kappa shape index (κ1) is 17.5. The Bertz CT molecular complexity index is 958. The number of aromatic nitrogens is 1. The monoisotopic (exact) mass is 361 g/mol. The third-order valence-electron chi connectivity index (χ3n) is 4.92. The molecule has 0 radical (unpaired) electrons. The SMILES string of the molecule is CNc1cc(C(=O)N2C[C@@H](C)O[C@H](c3ccccc3)C2)c2ccccc2n1. The van der Waals surface area contributed by atoms with Crippen LogP contribution in [0.2, 0.25) is 0 Å². The van der Waals surface area contributed by atoms with Crippen LogP contribution in [0.4, 0.5) is 5.82 Å². The maximum absolute atomic E-state index is 13.4. The summed E-state index contributed by atoms with van der Waals surface area (Å²) >= 11 is 0. The molecule has 2 aromatic carbocycles. The Kier molecular flexibility index (Phi) is 4.77. The molecule has 0 aliphatic carbocycles. The first-order valence-corrected chi connectivity index (χ1v) is 9.23. The molecule has 1 aromatic heterocycles. The molecule has 0 spiro atoms. The molecular formula is C22H23N3O2. The lowest BCUT2D eigenvalue weighted by atomic mass is 10.0. The highest BCUT2D eigenvalue weighted by Gasteiger charge is 2.30. The van der Waals surface area contributed by atoms with E-state index in [9.17, 15) is 4.79 Å². The predicted octanol–water partition coefficient (Wildman–Crippen LogP) is 3.88. The number of nitrogens with one attached hydrogen (secondary N) is 1. The minimum absolute atomic E-state index is 0.0150. The summed E-state index contributed by atoms with van der Waals surface area (Å²) in [6.07, 6.45) is -0.138. The van der Waals surface area contributed by atoms with Crippen molar-refractivity contribution in [1.29, 1.82) is 0 Å². The van der Waals surface area contributed by atoms with Crippen LogP contribution in [0.25, 0.3) is 10.9 Å². The van der Waals surface area contributed by atoms with Gasteiger partial charge in [-0.3, -0.25) is 4.79 Å². The third kappa shape index (κ3) is 3.51. The van der Waals surface area contributed by atoms with Gasteiger partial charge in [0.05, 0.1) is 23.7 Å². The second kappa shape index (κ2) is 7.37.